The van der Waals surface area contributed by atoms with Crippen LogP contribution in [0.25, 0.3) is 0 Å². The van der Waals surface area contributed by atoms with E-state index in [1.165, 1.54) is 186 Å². The zero-order valence-electron chi connectivity index (χ0n) is 30.2. The molecule has 0 fully saturated rings. The van der Waals surface area contributed by atoms with Crippen molar-refractivity contribution in [2.24, 2.45) is 0 Å². The van der Waals surface area contributed by atoms with Crippen LogP contribution in [0.5, 0.6) is 0 Å². The lowest BCUT2D eigenvalue weighted by atomic mass is 10.0. The van der Waals surface area contributed by atoms with Gasteiger partial charge in [-0.15, -0.1) is 0 Å². The summed E-state index contributed by atoms with van der Waals surface area (Å²) in [5, 5.41) is 9.55. The fraction of sp³-hybridized carbons (Fsp3) is 0.975. The van der Waals surface area contributed by atoms with Crippen molar-refractivity contribution in [3.8, 4) is 0 Å². The van der Waals surface area contributed by atoms with E-state index in [4.69, 9.17) is 9.47 Å². The summed E-state index contributed by atoms with van der Waals surface area (Å²) in [4.78, 5) is 12.1. The number of rotatable bonds is 38. The number of carbonyl (C=O) groups excluding carboxylic acids is 1. The first-order chi connectivity index (χ1) is 21.7. The molecular formula is C40H80O4. The molecule has 0 heterocycles. The number of unbranched alkanes of at least 4 members (excludes halogenated alkanes) is 30. The third kappa shape index (κ3) is 35.9. The Kier molecular flexibility index (Phi) is 38.0. The molecule has 264 valence electrons. The second-order valence-electron chi connectivity index (χ2n) is 13.7. The van der Waals surface area contributed by atoms with Crippen LogP contribution in [0.4, 0.5) is 0 Å². The largest absolute Gasteiger partial charge is 0.457 e. The number of hydrogen-bond donors (Lipinski definition) is 1. The minimum Gasteiger partial charge on any atom is -0.457 e. The van der Waals surface area contributed by atoms with Gasteiger partial charge in [-0.3, -0.25) is 4.79 Å². The minimum atomic E-state index is -0.523. The van der Waals surface area contributed by atoms with Gasteiger partial charge in [0.05, 0.1) is 13.2 Å². The molecule has 1 atom stereocenters. The van der Waals surface area contributed by atoms with Gasteiger partial charge in [-0.2, -0.15) is 0 Å². The summed E-state index contributed by atoms with van der Waals surface area (Å²) in [7, 11) is 0. The van der Waals surface area contributed by atoms with Crippen LogP contribution in [0.2, 0.25) is 0 Å². The van der Waals surface area contributed by atoms with Crippen molar-refractivity contribution in [1.29, 1.82) is 0 Å². The van der Waals surface area contributed by atoms with Gasteiger partial charge in [-0.25, -0.2) is 0 Å². The molecule has 0 saturated heterocycles. The van der Waals surface area contributed by atoms with Gasteiger partial charge in [0.2, 0.25) is 0 Å². The van der Waals surface area contributed by atoms with Crippen LogP contribution in [0.3, 0.4) is 0 Å². The Bertz CT molecular complexity index is 537. The number of hydrogen-bond acceptors (Lipinski definition) is 4. The second kappa shape index (κ2) is 38.6. The van der Waals surface area contributed by atoms with Gasteiger partial charge < -0.3 is 14.6 Å². The standard InChI is InChI=1S/C40H80O4/c1-3-5-7-9-11-13-15-16-17-18-19-20-21-22-23-24-25-26-28-30-32-34-36-43-38-39(37-41)44-40(42)35-33-31-29-27-14-12-10-8-6-4-2/h39,41H,3-38H2,1-2H3. The van der Waals surface area contributed by atoms with Crippen LogP contribution in [-0.4, -0.2) is 37.0 Å². The van der Waals surface area contributed by atoms with Gasteiger partial charge >= 0.3 is 5.97 Å². The van der Waals surface area contributed by atoms with Crippen molar-refractivity contribution in [2.75, 3.05) is 19.8 Å². The van der Waals surface area contributed by atoms with Crippen LogP contribution in [0, 0.1) is 0 Å². The number of esters is 1. The van der Waals surface area contributed by atoms with E-state index in [2.05, 4.69) is 13.8 Å². The molecular weight excluding hydrogens is 544 g/mol. The molecule has 0 aromatic heterocycles. The van der Waals surface area contributed by atoms with E-state index < -0.39 is 6.10 Å². The van der Waals surface area contributed by atoms with E-state index in [-0.39, 0.29) is 12.6 Å². The van der Waals surface area contributed by atoms with Gasteiger partial charge in [0.25, 0.3) is 0 Å². The molecule has 0 aliphatic carbocycles. The summed E-state index contributed by atoms with van der Waals surface area (Å²) in [5.41, 5.74) is 0. The summed E-state index contributed by atoms with van der Waals surface area (Å²) < 4.78 is 11.1. The van der Waals surface area contributed by atoms with E-state index in [0.29, 0.717) is 19.6 Å². The normalized spacial score (nSPS) is 12.2. The summed E-state index contributed by atoms with van der Waals surface area (Å²) in [6, 6.07) is 0. The zero-order chi connectivity index (χ0) is 32.0. The second-order valence-corrected chi connectivity index (χ2v) is 13.7. The Morgan fingerprint density at radius 2 is 0.750 bits per heavy atom. The highest BCUT2D eigenvalue weighted by atomic mass is 16.6. The maximum atomic E-state index is 12.1. The van der Waals surface area contributed by atoms with Crippen molar-refractivity contribution in [1.82, 2.24) is 0 Å². The Morgan fingerprint density at radius 1 is 0.455 bits per heavy atom. The van der Waals surface area contributed by atoms with Crippen LogP contribution < -0.4 is 0 Å². The predicted molar refractivity (Wildman–Crippen MR) is 191 cm³/mol. The van der Waals surface area contributed by atoms with Crippen LogP contribution in [0.1, 0.15) is 226 Å². The van der Waals surface area contributed by atoms with E-state index >= 15 is 0 Å². The third-order valence-corrected chi connectivity index (χ3v) is 9.18. The Balaban J connectivity index is 3.31. The number of aliphatic hydroxyl groups excluding tert-OH is 1. The summed E-state index contributed by atoms with van der Waals surface area (Å²) >= 11 is 0. The number of ether oxygens (including phenoxy) is 2. The first-order valence-electron chi connectivity index (χ1n) is 20.1. The monoisotopic (exact) mass is 625 g/mol. The SMILES string of the molecule is CCCCCCCCCCCCCCCCCCCCCCCCOCC(CO)OC(=O)CCCCCCCCCCCC. The smallest absolute Gasteiger partial charge is 0.306 e. The molecule has 4 heteroatoms. The zero-order valence-corrected chi connectivity index (χ0v) is 30.2. The molecule has 0 bridgehead atoms. The minimum absolute atomic E-state index is 0.164. The summed E-state index contributed by atoms with van der Waals surface area (Å²) in [6.45, 7) is 5.38. The maximum Gasteiger partial charge on any atom is 0.306 e. The van der Waals surface area contributed by atoms with Crippen molar-refractivity contribution in [2.45, 2.75) is 232 Å². The van der Waals surface area contributed by atoms with E-state index in [9.17, 15) is 9.90 Å². The highest BCUT2D eigenvalue weighted by Gasteiger charge is 2.13. The molecule has 0 aromatic rings. The van der Waals surface area contributed by atoms with Crippen LogP contribution >= 0.6 is 0 Å². The Hall–Kier alpha value is -0.610. The first kappa shape index (κ1) is 43.4. The molecule has 0 aromatic carbocycles. The molecule has 0 aliphatic rings. The van der Waals surface area contributed by atoms with Gasteiger partial charge in [-0.1, -0.05) is 206 Å². The molecule has 0 aliphatic heterocycles. The molecule has 1 unspecified atom stereocenters. The van der Waals surface area contributed by atoms with Crippen LogP contribution in [0.15, 0.2) is 0 Å². The predicted octanol–water partition coefficient (Wildman–Crippen LogP) is 12.8. The van der Waals surface area contributed by atoms with Gasteiger partial charge in [0.1, 0.15) is 6.10 Å². The van der Waals surface area contributed by atoms with Crippen molar-refractivity contribution < 1.29 is 19.4 Å². The number of carbonyl (C=O) groups is 1. The van der Waals surface area contributed by atoms with Crippen molar-refractivity contribution >= 4 is 5.97 Å². The van der Waals surface area contributed by atoms with Crippen molar-refractivity contribution in [3.05, 3.63) is 0 Å². The maximum absolute atomic E-state index is 12.1. The molecule has 0 spiro atoms. The highest BCUT2D eigenvalue weighted by Crippen LogP contribution is 2.16. The lowest BCUT2D eigenvalue weighted by Gasteiger charge is -2.16. The third-order valence-electron chi connectivity index (χ3n) is 9.18. The van der Waals surface area contributed by atoms with E-state index in [1.807, 2.05) is 0 Å². The lowest BCUT2D eigenvalue weighted by molar-refractivity contribution is -0.154. The van der Waals surface area contributed by atoms with Gasteiger partial charge in [0.15, 0.2) is 0 Å². The van der Waals surface area contributed by atoms with E-state index in [1.54, 1.807) is 0 Å². The molecule has 0 radical (unpaired) electrons. The highest BCUT2D eigenvalue weighted by molar-refractivity contribution is 5.69. The average Bonchev–Trinajstić information content (AvgIpc) is 3.03. The molecule has 44 heavy (non-hydrogen) atoms. The molecule has 0 saturated carbocycles. The fourth-order valence-corrected chi connectivity index (χ4v) is 6.15. The lowest BCUT2D eigenvalue weighted by Crippen LogP contribution is -2.27. The van der Waals surface area contributed by atoms with Crippen LogP contribution in [-0.2, 0) is 14.3 Å². The topological polar surface area (TPSA) is 55.8 Å². The summed E-state index contributed by atoms with van der Waals surface area (Å²) in [6.07, 6.45) is 43.1. The Morgan fingerprint density at radius 3 is 1.07 bits per heavy atom. The van der Waals surface area contributed by atoms with Crippen molar-refractivity contribution in [3.63, 3.8) is 0 Å². The van der Waals surface area contributed by atoms with E-state index in [0.717, 1.165) is 19.3 Å². The molecule has 0 amide bonds. The quantitative estimate of drug-likeness (QED) is 0.0548. The van der Waals surface area contributed by atoms with Gasteiger partial charge in [-0.05, 0) is 12.8 Å². The molecule has 0 rings (SSSR count). The first-order valence-corrected chi connectivity index (χ1v) is 20.1. The average molecular weight is 625 g/mol. The molecule has 4 nitrogen and oxygen atoms in total. The van der Waals surface area contributed by atoms with Gasteiger partial charge in [0, 0.05) is 13.0 Å². The number of aliphatic hydroxyl groups is 1. The summed E-state index contributed by atoms with van der Waals surface area (Å²) in [5.74, 6) is -0.198. The molecule has 1 N–H and O–H groups in total. The fourth-order valence-electron chi connectivity index (χ4n) is 6.15. The Labute approximate surface area is 276 Å².